The molecule has 0 spiro atoms. The normalized spacial score (nSPS) is 10.7. The van der Waals surface area contributed by atoms with E-state index in [2.05, 4.69) is 0 Å². The second-order valence-corrected chi connectivity index (χ2v) is 5.32. The maximum atomic E-state index is 10.7. The molecule has 7 heteroatoms. The highest BCUT2D eigenvalue weighted by molar-refractivity contribution is 7.16. The molecule has 1 aromatic heterocycles. The average molecular weight is 321 g/mol. The molecule has 1 heterocycles. The Balaban J connectivity index is 2.31. The van der Waals surface area contributed by atoms with Crippen molar-refractivity contribution >= 4 is 28.5 Å². The number of nitro groups is 1. The van der Waals surface area contributed by atoms with Crippen molar-refractivity contribution in [1.29, 1.82) is 0 Å². The van der Waals surface area contributed by atoms with Crippen LogP contribution in [0.2, 0.25) is 0 Å². The SMILES string of the molecule is COc1cc(C=Cc2ccc([N+](=O)[O-])s2)cc(OC)c1OC. The van der Waals surface area contributed by atoms with Crippen LogP contribution in [0.5, 0.6) is 17.2 Å². The molecular formula is C15H15NO5S. The first kappa shape index (κ1) is 15.8. The molecule has 2 aromatic rings. The minimum absolute atomic E-state index is 0.115. The van der Waals surface area contributed by atoms with Crippen molar-refractivity contribution in [3.05, 3.63) is 44.8 Å². The number of nitrogens with zero attached hydrogens (tertiary/aromatic N) is 1. The van der Waals surface area contributed by atoms with Crippen LogP contribution in [0.25, 0.3) is 12.2 Å². The van der Waals surface area contributed by atoms with Gasteiger partial charge in [-0.3, -0.25) is 10.1 Å². The lowest BCUT2D eigenvalue weighted by Crippen LogP contribution is -1.95. The topological polar surface area (TPSA) is 70.8 Å². The fourth-order valence-corrected chi connectivity index (χ4v) is 2.63. The monoisotopic (exact) mass is 321 g/mol. The summed E-state index contributed by atoms with van der Waals surface area (Å²) in [6.07, 6.45) is 3.64. The van der Waals surface area contributed by atoms with E-state index in [9.17, 15) is 10.1 Å². The Morgan fingerprint density at radius 2 is 1.68 bits per heavy atom. The predicted octanol–water partition coefficient (Wildman–Crippen LogP) is 3.85. The molecule has 0 N–H and O–H groups in total. The summed E-state index contributed by atoms with van der Waals surface area (Å²) in [4.78, 5) is 11.1. The molecule has 0 unspecified atom stereocenters. The lowest BCUT2D eigenvalue weighted by molar-refractivity contribution is -0.380. The summed E-state index contributed by atoms with van der Waals surface area (Å²) >= 11 is 1.11. The van der Waals surface area contributed by atoms with Crippen molar-refractivity contribution < 1.29 is 19.1 Å². The number of ether oxygens (including phenoxy) is 3. The number of methoxy groups -OCH3 is 3. The molecule has 0 bridgehead atoms. The summed E-state index contributed by atoms with van der Waals surface area (Å²) in [5.41, 5.74) is 0.838. The van der Waals surface area contributed by atoms with Gasteiger partial charge in [0.25, 0.3) is 0 Å². The van der Waals surface area contributed by atoms with Gasteiger partial charge in [-0.25, -0.2) is 0 Å². The minimum Gasteiger partial charge on any atom is -0.493 e. The largest absolute Gasteiger partial charge is 0.493 e. The first-order valence-electron chi connectivity index (χ1n) is 6.31. The van der Waals surface area contributed by atoms with Crippen molar-refractivity contribution in [2.24, 2.45) is 0 Å². The lowest BCUT2D eigenvalue weighted by Gasteiger charge is -2.12. The van der Waals surface area contributed by atoms with E-state index in [0.29, 0.717) is 17.2 Å². The molecule has 0 amide bonds. The Kier molecular flexibility index (Phi) is 5.00. The molecule has 0 aliphatic heterocycles. The minimum atomic E-state index is -0.401. The molecule has 1 aromatic carbocycles. The van der Waals surface area contributed by atoms with Crippen LogP contribution in [0.3, 0.4) is 0 Å². The van der Waals surface area contributed by atoms with Gasteiger partial charge in [-0.1, -0.05) is 17.4 Å². The molecule has 0 aliphatic rings. The Bertz CT molecular complexity index is 683. The Morgan fingerprint density at radius 3 is 2.14 bits per heavy atom. The van der Waals surface area contributed by atoms with Crippen LogP contribution in [-0.2, 0) is 0 Å². The Morgan fingerprint density at radius 1 is 1.05 bits per heavy atom. The van der Waals surface area contributed by atoms with Crippen LogP contribution in [0.15, 0.2) is 24.3 Å². The summed E-state index contributed by atoms with van der Waals surface area (Å²) in [6.45, 7) is 0. The standard InChI is InChI=1S/C15H15NO5S/c1-19-12-8-10(9-13(20-2)15(12)21-3)4-5-11-6-7-14(22-11)16(17)18/h4-9H,1-3H3. The second kappa shape index (κ2) is 6.95. The molecular weight excluding hydrogens is 306 g/mol. The number of hydrogen-bond donors (Lipinski definition) is 0. The van der Waals surface area contributed by atoms with E-state index >= 15 is 0 Å². The van der Waals surface area contributed by atoms with E-state index in [4.69, 9.17) is 14.2 Å². The summed E-state index contributed by atoms with van der Waals surface area (Å²) < 4.78 is 15.8. The molecule has 0 saturated heterocycles. The molecule has 0 aliphatic carbocycles. The first-order chi connectivity index (χ1) is 10.6. The highest BCUT2D eigenvalue weighted by atomic mass is 32.1. The summed E-state index contributed by atoms with van der Waals surface area (Å²) in [7, 11) is 4.64. The van der Waals surface area contributed by atoms with Gasteiger partial charge in [0.05, 0.1) is 26.3 Å². The zero-order chi connectivity index (χ0) is 16.1. The number of benzene rings is 1. The van der Waals surface area contributed by atoms with E-state index in [1.165, 1.54) is 6.07 Å². The molecule has 0 fully saturated rings. The number of rotatable bonds is 6. The number of hydrogen-bond acceptors (Lipinski definition) is 6. The van der Waals surface area contributed by atoms with E-state index in [0.717, 1.165) is 21.8 Å². The zero-order valence-corrected chi connectivity index (χ0v) is 13.2. The van der Waals surface area contributed by atoms with Crippen LogP contribution in [-0.4, -0.2) is 26.3 Å². The molecule has 0 atom stereocenters. The van der Waals surface area contributed by atoms with Gasteiger partial charge in [0.15, 0.2) is 11.5 Å². The summed E-state index contributed by atoms with van der Waals surface area (Å²) in [5.74, 6) is 1.63. The fraction of sp³-hybridized carbons (Fsp3) is 0.200. The third-order valence-corrected chi connectivity index (χ3v) is 3.92. The Labute approximate surface area is 131 Å². The van der Waals surface area contributed by atoms with Gasteiger partial charge in [-0.15, -0.1) is 0 Å². The van der Waals surface area contributed by atoms with E-state index in [1.54, 1.807) is 45.6 Å². The first-order valence-corrected chi connectivity index (χ1v) is 7.13. The summed E-state index contributed by atoms with van der Waals surface area (Å²) in [5, 5.41) is 10.8. The van der Waals surface area contributed by atoms with Gasteiger partial charge in [0, 0.05) is 10.9 Å². The summed E-state index contributed by atoms with van der Waals surface area (Å²) in [6, 6.07) is 6.80. The molecule has 6 nitrogen and oxygen atoms in total. The quantitative estimate of drug-likeness (QED) is 0.597. The molecule has 22 heavy (non-hydrogen) atoms. The third kappa shape index (κ3) is 3.37. The zero-order valence-electron chi connectivity index (χ0n) is 12.4. The fourth-order valence-electron chi connectivity index (χ4n) is 1.91. The van der Waals surface area contributed by atoms with E-state index in [-0.39, 0.29) is 5.00 Å². The average Bonchev–Trinajstić information content (AvgIpc) is 3.00. The maximum Gasteiger partial charge on any atom is 0.324 e. The molecule has 116 valence electrons. The van der Waals surface area contributed by atoms with Crippen molar-refractivity contribution in [1.82, 2.24) is 0 Å². The van der Waals surface area contributed by atoms with Crippen LogP contribution < -0.4 is 14.2 Å². The lowest BCUT2D eigenvalue weighted by atomic mass is 10.1. The molecule has 0 saturated carbocycles. The van der Waals surface area contributed by atoms with E-state index in [1.807, 2.05) is 6.08 Å². The van der Waals surface area contributed by atoms with E-state index < -0.39 is 4.92 Å². The van der Waals surface area contributed by atoms with Gasteiger partial charge < -0.3 is 14.2 Å². The van der Waals surface area contributed by atoms with Gasteiger partial charge >= 0.3 is 5.00 Å². The second-order valence-electron chi connectivity index (χ2n) is 4.23. The highest BCUT2D eigenvalue weighted by Crippen LogP contribution is 2.38. The third-order valence-electron chi connectivity index (χ3n) is 2.92. The smallest absolute Gasteiger partial charge is 0.324 e. The highest BCUT2D eigenvalue weighted by Gasteiger charge is 2.12. The molecule has 2 rings (SSSR count). The van der Waals surface area contributed by atoms with Crippen LogP contribution in [0.4, 0.5) is 5.00 Å². The van der Waals surface area contributed by atoms with Gasteiger partial charge in [-0.2, -0.15) is 0 Å². The van der Waals surface area contributed by atoms with Gasteiger partial charge in [0.1, 0.15) is 0 Å². The molecule has 0 radical (unpaired) electrons. The van der Waals surface area contributed by atoms with Crippen molar-refractivity contribution in [3.63, 3.8) is 0 Å². The Hall–Kier alpha value is -2.54. The number of thiophene rings is 1. The van der Waals surface area contributed by atoms with Crippen LogP contribution in [0, 0.1) is 10.1 Å². The van der Waals surface area contributed by atoms with Crippen molar-refractivity contribution in [2.45, 2.75) is 0 Å². The van der Waals surface area contributed by atoms with Crippen LogP contribution >= 0.6 is 11.3 Å². The van der Waals surface area contributed by atoms with Crippen molar-refractivity contribution in [3.8, 4) is 17.2 Å². The van der Waals surface area contributed by atoms with Crippen LogP contribution in [0.1, 0.15) is 10.4 Å². The van der Waals surface area contributed by atoms with Gasteiger partial charge in [-0.05, 0) is 29.8 Å². The maximum absolute atomic E-state index is 10.7. The van der Waals surface area contributed by atoms with Gasteiger partial charge in [0.2, 0.25) is 5.75 Å². The van der Waals surface area contributed by atoms with Crippen molar-refractivity contribution in [2.75, 3.05) is 21.3 Å². The predicted molar refractivity (Wildman–Crippen MR) is 86.0 cm³/mol.